The minimum atomic E-state index is -0.179. The lowest BCUT2D eigenvalue weighted by molar-refractivity contribution is 0.102. The van der Waals surface area contributed by atoms with E-state index < -0.39 is 0 Å². The Bertz CT molecular complexity index is 711. The predicted molar refractivity (Wildman–Crippen MR) is 93.0 cm³/mol. The summed E-state index contributed by atoms with van der Waals surface area (Å²) in [6.45, 7) is 1.99. The lowest BCUT2D eigenvalue weighted by atomic mass is 10.1. The van der Waals surface area contributed by atoms with Crippen LogP contribution in [0.5, 0.6) is 11.5 Å². The minimum Gasteiger partial charge on any atom is -0.497 e. The first kappa shape index (κ1) is 16.7. The van der Waals surface area contributed by atoms with Crippen LogP contribution in [0.3, 0.4) is 0 Å². The van der Waals surface area contributed by atoms with Crippen molar-refractivity contribution in [2.75, 3.05) is 38.5 Å². The fourth-order valence-corrected chi connectivity index (χ4v) is 2.39. The first-order chi connectivity index (χ1) is 11.0. The number of carbonyl (C=O) groups excluding carboxylic acids is 1. The molecule has 5 nitrogen and oxygen atoms in total. The third-order valence-corrected chi connectivity index (χ3v) is 3.60. The zero-order chi connectivity index (χ0) is 17.0. The van der Waals surface area contributed by atoms with Crippen molar-refractivity contribution in [3.63, 3.8) is 0 Å². The highest BCUT2D eigenvalue weighted by Crippen LogP contribution is 2.29. The van der Waals surface area contributed by atoms with E-state index >= 15 is 0 Å². The number of methoxy groups -OCH3 is 2. The highest BCUT2D eigenvalue weighted by molar-refractivity contribution is 6.05. The van der Waals surface area contributed by atoms with Crippen LogP contribution >= 0.6 is 0 Å². The van der Waals surface area contributed by atoms with Crippen LogP contribution in [0.4, 0.5) is 11.4 Å². The van der Waals surface area contributed by atoms with Gasteiger partial charge in [0.1, 0.15) is 11.5 Å². The highest BCUT2D eigenvalue weighted by atomic mass is 16.5. The standard InChI is InChI=1S/C18H22N2O3/c1-12-10-13(6-9-16(12)20(2)3)18(21)19-15-8-7-14(22-4)11-17(15)23-5/h6-11H,1-5H3,(H,19,21). The van der Waals surface area contributed by atoms with Gasteiger partial charge in [-0.2, -0.15) is 0 Å². The SMILES string of the molecule is COc1ccc(NC(=O)c2ccc(N(C)C)c(C)c2)c(OC)c1. The molecule has 0 saturated carbocycles. The van der Waals surface area contributed by atoms with Gasteiger partial charge in [0.2, 0.25) is 0 Å². The molecule has 0 aliphatic heterocycles. The molecular weight excluding hydrogens is 292 g/mol. The van der Waals surface area contributed by atoms with E-state index in [4.69, 9.17) is 9.47 Å². The maximum atomic E-state index is 12.5. The minimum absolute atomic E-state index is 0.179. The summed E-state index contributed by atoms with van der Waals surface area (Å²) in [4.78, 5) is 14.5. The van der Waals surface area contributed by atoms with E-state index in [0.29, 0.717) is 22.7 Å². The highest BCUT2D eigenvalue weighted by Gasteiger charge is 2.12. The third-order valence-electron chi connectivity index (χ3n) is 3.60. The first-order valence-electron chi connectivity index (χ1n) is 7.27. The molecule has 0 saturated heterocycles. The van der Waals surface area contributed by atoms with Crippen molar-refractivity contribution < 1.29 is 14.3 Å². The van der Waals surface area contributed by atoms with Crippen molar-refractivity contribution in [2.24, 2.45) is 0 Å². The van der Waals surface area contributed by atoms with Crippen molar-refractivity contribution in [3.8, 4) is 11.5 Å². The van der Waals surface area contributed by atoms with Gasteiger partial charge >= 0.3 is 0 Å². The van der Waals surface area contributed by atoms with Gasteiger partial charge in [-0.1, -0.05) is 0 Å². The molecule has 0 atom stereocenters. The Morgan fingerprint density at radius 1 is 1.04 bits per heavy atom. The lowest BCUT2D eigenvalue weighted by Crippen LogP contribution is -2.15. The second-order valence-electron chi connectivity index (χ2n) is 5.42. The number of nitrogens with zero attached hydrogens (tertiary/aromatic N) is 1. The van der Waals surface area contributed by atoms with E-state index in [1.54, 1.807) is 32.4 Å². The van der Waals surface area contributed by atoms with Gasteiger partial charge in [-0.25, -0.2) is 0 Å². The van der Waals surface area contributed by atoms with Crippen molar-refractivity contribution in [3.05, 3.63) is 47.5 Å². The quantitative estimate of drug-likeness (QED) is 0.920. The van der Waals surface area contributed by atoms with Crippen molar-refractivity contribution in [1.82, 2.24) is 0 Å². The number of carbonyl (C=O) groups is 1. The molecule has 2 aromatic rings. The Morgan fingerprint density at radius 3 is 2.35 bits per heavy atom. The number of nitrogens with one attached hydrogen (secondary N) is 1. The topological polar surface area (TPSA) is 50.8 Å². The predicted octanol–water partition coefficient (Wildman–Crippen LogP) is 3.33. The van der Waals surface area contributed by atoms with Crippen LogP contribution in [-0.4, -0.2) is 34.2 Å². The largest absolute Gasteiger partial charge is 0.497 e. The fourth-order valence-electron chi connectivity index (χ4n) is 2.39. The lowest BCUT2D eigenvalue weighted by Gasteiger charge is -2.16. The van der Waals surface area contributed by atoms with Crippen LogP contribution < -0.4 is 19.7 Å². The van der Waals surface area contributed by atoms with Crippen LogP contribution in [0.15, 0.2) is 36.4 Å². The molecule has 122 valence electrons. The number of anilines is 2. The molecule has 0 aliphatic carbocycles. The summed E-state index contributed by atoms with van der Waals surface area (Å²) in [6.07, 6.45) is 0. The fraction of sp³-hybridized carbons (Fsp3) is 0.278. The normalized spacial score (nSPS) is 10.1. The van der Waals surface area contributed by atoms with Gasteiger partial charge in [-0.15, -0.1) is 0 Å². The van der Waals surface area contributed by atoms with Crippen molar-refractivity contribution in [2.45, 2.75) is 6.92 Å². The molecule has 0 unspecified atom stereocenters. The Hall–Kier alpha value is -2.69. The molecule has 23 heavy (non-hydrogen) atoms. The van der Waals surface area contributed by atoms with Crippen LogP contribution in [0.2, 0.25) is 0 Å². The van der Waals surface area contributed by atoms with Gasteiger partial charge in [0.25, 0.3) is 5.91 Å². The summed E-state index contributed by atoms with van der Waals surface area (Å²) in [7, 11) is 7.09. The van der Waals surface area contributed by atoms with E-state index in [9.17, 15) is 4.79 Å². The summed E-state index contributed by atoms with van der Waals surface area (Å²) < 4.78 is 10.5. The van der Waals surface area contributed by atoms with Crippen LogP contribution in [0.25, 0.3) is 0 Å². The molecule has 2 aromatic carbocycles. The molecule has 0 spiro atoms. The summed E-state index contributed by atoms with van der Waals surface area (Å²) in [5.74, 6) is 1.05. The van der Waals surface area contributed by atoms with Gasteiger partial charge in [0, 0.05) is 31.4 Å². The number of hydrogen-bond acceptors (Lipinski definition) is 4. The number of hydrogen-bond donors (Lipinski definition) is 1. The molecule has 1 amide bonds. The monoisotopic (exact) mass is 314 g/mol. The number of benzene rings is 2. The van der Waals surface area contributed by atoms with Crippen molar-refractivity contribution >= 4 is 17.3 Å². The molecular formula is C18H22N2O3. The molecule has 1 N–H and O–H groups in total. The van der Waals surface area contributed by atoms with Crippen LogP contribution in [0.1, 0.15) is 15.9 Å². The Kier molecular flexibility index (Phi) is 5.11. The number of ether oxygens (including phenoxy) is 2. The maximum absolute atomic E-state index is 12.5. The molecule has 0 bridgehead atoms. The van der Waals surface area contributed by atoms with Crippen LogP contribution in [-0.2, 0) is 0 Å². The third kappa shape index (κ3) is 3.74. The zero-order valence-corrected chi connectivity index (χ0v) is 14.1. The Balaban J connectivity index is 2.24. The second kappa shape index (κ2) is 7.05. The first-order valence-corrected chi connectivity index (χ1v) is 7.27. The average molecular weight is 314 g/mol. The maximum Gasteiger partial charge on any atom is 0.255 e. The Labute approximate surface area is 136 Å². The molecule has 0 fully saturated rings. The number of aryl methyl sites for hydroxylation is 1. The molecule has 0 aliphatic rings. The molecule has 0 radical (unpaired) electrons. The summed E-state index contributed by atoms with van der Waals surface area (Å²) in [5.41, 5.74) is 3.34. The number of rotatable bonds is 5. The van der Waals surface area contributed by atoms with E-state index in [1.807, 2.05) is 44.1 Å². The van der Waals surface area contributed by atoms with Crippen molar-refractivity contribution in [1.29, 1.82) is 0 Å². The Morgan fingerprint density at radius 2 is 1.78 bits per heavy atom. The van der Waals surface area contributed by atoms with Gasteiger partial charge < -0.3 is 19.7 Å². The summed E-state index contributed by atoms with van der Waals surface area (Å²) in [5, 5.41) is 2.87. The molecule has 2 rings (SSSR count). The molecule has 0 aromatic heterocycles. The van der Waals surface area contributed by atoms with Gasteiger partial charge in [-0.05, 0) is 42.8 Å². The van der Waals surface area contributed by atoms with Gasteiger partial charge in [-0.3, -0.25) is 4.79 Å². The molecule has 5 heteroatoms. The number of amides is 1. The average Bonchev–Trinajstić information content (AvgIpc) is 2.54. The second-order valence-corrected chi connectivity index (χ2v) is 5.42. The van der Waals surface area contributed by atoms with Gasteiger partial charge in [0.15, 0.2) is 0 Å². The van der Waals surface area contributed by atoms with E-state index in [1.165, 1.54) is 0 Å². The van der Waals surface area contributed by atoms with E-state index in [-0.39, 0.29) is 5.91 Å². The smallest absolute Gasteiger partial charge is 0.255 e. The summed E-state index contributed by atoms with van der Waals surface area (Å²) in [6, 6.07) is 10.9. The van der Waals surface area contributed by atoms with E-state index in [2.05, 4.69) is 5.32 Å². The van der Waals surface area contributed by atoms with E-state index in [0.717, 1.165) is 11.3 Å². The zero-order valence-electron chi connectivity index (χ0n) is 14.1. The van der Waals surface area contributed by atoms with Crippen LogP contribution in [0, 0.1) is 6.92 Å². The summed E-state index contributed by atoms with van der Waals surface area (Å²) >= 11 is 0. The van der Waals surface area contributed by atoms with Gasteiger partial charge in [0.05, 0.1) is 19.9 Å². The molecule has 0 heterocycles.